The summed E-state index contributed by atoms with van der Waals surface area (Å²) in [4.78, 5) is 55.9. The first-order valence-corrected chi connectivity index (χ1v) is 10.0. The molecule has 0 saturated carbocycles. The molecule has 0 bridgehead atoms. The average molecular weight is 430 g/mol. The van der Waals surface area contributed by atoms with Gasteiger partial charge in [0.15, 0.2) is 11.4 Å². The summed E-state index contributed by atoms with van der Waals surface area (Å²) >= 11 is 0. The number of aryl methyl sites for hydroxylation is 1. The number of aromatic amines is 1. The predicted octanol–water partition coefficient (Wildman–Crippen LogP) is 2.86. The van der Waals surface area contributed by atoms with E-state index in [-0.39, 0.29) is 23.8 Å². The Kier molecular flexibility index (Phi) is 4.40. The molecule has 9 heteroatoms. The lowest BCUT2D eigenvalue weighted by atomic mass is 9.98. The molecule has 0 radical (unpaired) electrons. The SMILES string of the molecule is CC(=O)c1ccc(N2C(=O)C[C@@H](c3c(C)[nH]n(-c4nc5ccccc5o4)c3=O)C2=O)cc1. The van der Waals surface area contributed by atoms with Gasteiger partial charge in [-0.25, -0.2) is 0 Å². The minimum atomic E-state index is -0.927. The standard InChI is InChI=1S/C23H18N4O5/c1-12-20(22(31)27(25-12)23-24-17-5-3-4-6-18(17)32-23)16-11-19(29)26(21(16)30)15-9-7-14(8-10-15)13(2)28/h3-10,16,25H,11H2,1-2H3/t16-/m0/s1. The fraction of sp³-hybridized carbons (Fsp3) is 0.174. The van der Waals surface area contributed by atoms with Crippen LogP contribution in [0.3, 0.4) is 0 Å². The van der Waals surface area contributed by atoms with E-state index in [0.29, 0.717) is 28.0 Å². The second-order valence-electron chi connectivity index (χ2n) is 7.68. The van der Waals surface area contributed by atoms with Crippen LogP contribution in [0.4, 0.5) is 5.69 Å². The van der Waals surface area contributed by atoms with Gasteiger partial charge >= 0.3 is 6.01 Å². The number of fused-ring (bicyclic) bond motifs is 1. The van der Waals surface area contributed by atoms with E-state index in [4.69, 9.17) is 4.42 Å². The number of anilines is 1. The van der Waals surface area contributed by atoms with Gasteiger partial charge in [0.25, 0.3) is 5.56 Å². The maximum atomic E-state index is 13.2. The lowest BCUT2D eigenvalue weighted by Crippen LogP contribution is -2.31. The molecule has 1 N–H and O–H groups in total. The summed E-state index contributed by atoms with van der Waals surface area (Å²) in [6.07, 6.45) is -0.130. The largest absolute Gasteiger partial charge is 0.422 e. The number of H-pyrrole nitrogens is 1. The molecule has 160 valence electrons. The van der Waals surface area contributed by atoms with Crippen LogP contribution in [0.15, 0.2) is 57.7 Å². The van der Waals surface area contributed by atoms with Crippen molar-refractivity contribution in [2.24, 2.45) is 0 Å². The Balaban J connectivity index is 1.51. The third kappa shape index (κ3) is 2.97. The number of para-hydroxylation sites is 2. The van der Waals surface area contributed by atoms with Gasteiger partial charge in [-0.05, 0) is 50.2 Å². The molecule has 3 heterocycles. The van der Waals surface area contributed by atoms with Crippen LogP contribution in [-0.2, 0) is 9.59 Å². The lowest BCUT2D eigenvalue weighted by Gasteiger charge is -2.15. The number of Topliss-reactive ketones (excluding diaryl/α,β-unsaturated/α-hetero) is 1. The molecule has 2 aromatic heterocycles. The van der Waals surface area contributed by atoms with Crippen molar-refractivity contribution >= 4 is 34.4 Å². The average Bonchev–Trinajstić information content (AvgIpc) is 3.41. The number of carbonyl (C=O) groups is 3. The van der Waals surface area contributed by atoms with Crippen molar-refractivity contribution in [1.29, 1.82) is 0 Å². The molecule has 1 aliphatic rings. The van der Waals surface area contributed by atoms with E-state index in [0.717, 1.165) is 9.58 Å². The maximum Gasteiger partial charge on any atom is 0.325 e. The highest BCUT2D eigenvalue weighted by molar-refractivity contribution is 6.22. The Labute approximate surface area is 181 Å². The smallest absolute Gasteiger partial charge is 0.325 e. The first-order chi connectivity index (χ1) is 15.3. The highest BCUT2D eigenvalue weighted by Gasteiger charge is 2.43. The number of rotatable bonds is 4. The zero-order valence-corrected chi connectivity index (χ0v) is 17.3. The van der Waals surface area contributed by atoms with Crippen LogP contribution in [0, 0.1) is 6.92 Å². The third-order valence-corrected chi connectivity index (χ3v) is 5.62. The van der Waals surface area contributed by atoms with Crippen molar-refractivity contribution < 1.29 is 18.8 Å². The zero-order valence-electron chi connectivity index (χ0n) is 17.3. The summed E-state index contributed by atoms with van der Waals surface area (Å²) in [5, 5.41) is 2.91. The third-order valence-electron chi connectivity index (χ3n) is 5.62. The first-order valence-electron chi connectivity index (χ1n) is 10.0. The summed E-state index contributed by atoms with van der Waals surface area (Å²) in [7, 11) is 0. The fourth-order valence-corrected chi connectivity index (χ4v) is 4.03. The summed E-state index contributed by atoms with van der Waals surface area (Å²) in [5.41, 5.74) is 2.12. The van der Waals surface area contributed by atoms with E-state index in [1.54, 1.807) is 49.4 Å². The molecule has 0 spiro atoms. The quantitative estimate of drug-likeness (QED) is 0.393. The number of hydrogen-bond donors (Lipinski definition) is 1. The molecule has 2 amide bonds. The van der Waals surface area contributed by atoms with Crippen LogP contribution >= 0.6 is 0 Å². The Morgan fingerprint density at radius 1 is 1.09 bits per heavy atom. The summed E-state index contributed by atoms with van der Waals surface area (Å²) < 4.78 is 6.81. The van der Waals surface area contributed by atoms with Crippen molar-refractivity contribution in [3.63, 3.8) is 0 Å². The van der Waals surface area contributed by atoms with Gasteiger partial charge in [0, 0.05) is 17.7 Å². The fourth-order valence-electron chi connectivity index (χ4n) is 4.03. The van der Waals surface area contributed by atoms with E-state index in [1.165, 1.54) is 6.92 Å². The minimum absolute atomic E-state index is 0.0546. The maximum absolute atomic E-state index is 13.2. The molecule has 0 aliphatic carbocycles. The molecule has 9 nitrogen and oxygen atoms in total. The first kappa shape index (κ1) is 19.7. The van der Waals surface area contributed by atoms with Crippen molar-refractivity contribution in [2.45, 2.75) is 26.2 Å². The van der Waals surface area contributed by atoms with Crippen molar-refractivity contribution in [3.05, 3.63) is 75.7 Å². The van der Waals surface area contributed by atoms with Crippen LogP contribution in [0.5, 0.6) is 0 Å². The molecule has 4 aromatic rings. The van der Waals surface area contributed by atoms with Gasteiger partial charge < -0.3 is 4.42 Å². The van der Waals surface area contributed by atoms with Gasteiger partial charge in [0.1, 0.15) is 5.52 Å². The number of oxazole rings is 1. The minimum Gasteiger partial charge on any atom is -0.422 e. The number of ketones is 1. The van der Waals surface area contributed by atoms with Gasteiger partial charge in [-0.15, -0.1) is 0 Å². The number of benzene rings is 2. The number of nitrogens with zero attached hydrogens (tertiary/aromatic N) is 3. The Morgan fingerprint density at radius 2 is 1.81 bits per heavy atom. The highest BCUT2D eigenvalue weighted by atomic mass is 16.4. The van der Waals surface area contributed by atoms with E-state index >= 15 is 0 Å². The number of carbonyl (C=O) groups excluding carboxylic acids is 3. The molecule has 2 aromatic carbocycles. The Morgan fingerprint density at radius 3 is 2.50 bits per heavy atom. The lowest BCUT2D eigenvalue weighted by molar-refractivity contribution is -0.121. The van der Waals surface area contributed by atoms with Gasteiger partial charge in [0.05, 0.1) is 17.2 Å². The van der Waals surface area contributed by atoms with Crippen LogP contribution in [0.1, 0.15) is 40.9 Å². The summed E-state index contributed by atoms with van der Waals surface area (Å²) in [6, 6.07) is 13.4. The van der Waals surface area contributed by atoms with Crippen LogP contribution < -0.4 is 10.5 Å². The van der Waals surface area contributed by atoms with Gasteiger partial charge in [-0.2, -0.15) is 9.67 Å². The van der Waals surface area contributed by atoms with Gasteiger partial charge in [0.2, 0.25) is 11.8 Å². The molecule has 0 unspecified atom stereocenters. The monoisotopic (exact) mass is 430 g/mol. The van der Waals surface area contributed by atoms with E-state index in [1.807, 2.05) is 6.07 Å². The molecular weight excluding hydrogens is 412 g/mol. The molecule has 32 heavy (non-hydrogen) atoms. The Hall–Kier alpha value is -4.27. The van der Waals surface area contributed by atoms with Crippen molar-refractivity contribution in [2.75, 3.05) is 4.90 Å². The highest BCUT2D eigenvalue weighted by Crippen LogP contribution is 2.33. The van der Waals surface area contributed by atoms with Gasteiger partial charge in [-0.3, -0.25) is 29.2 Å². The molecule has 1 saturated heterocycles. The predicted molar refractivity (Wildman–Crippen MR) is 115 cm³/mol. The molecule has 5 rings (SSSR count). The molecule has 1 aliphatic heterocycles. The van der Waals surface area contributed by atoms with Crippen LogP contribution in [0.25, 0.3) is 17.1 Å². The van der Waals surface area contributed by atoms with Crippen molar-refractivity contribution in [1.82, 2.24) is 14.8 Å². The van der Waals surface area contributed by atoms with Crippen molar-refractivity contribution in [3.8, 4) is 6.01 Å². The molecule has 1 atom stereocenters. The molecular formula is C23H18N4O5. The summed E-state index contributed by atoms with van der Waals surface area (Å²) in [5.74, 6) is -1.95. The van der Waals surface area contributed by atoms with E-state index in [9.17, 15) is 19.2 Å². The normalized spacial score (nSPS) is 16.3. The van der Waals surface area contributed by atoms with E-state index in [2.05, 4.69) is 10.1 Å². The number of nitrogens with one attached hydrogen (secondary N) is 1. The second-order valence-corrected chi connectivity index (χ2v) is 7.68. The van der Waals surface area contributed by atoms with Crippen LogP contribution in [0.2, 0.25) is 0 Å². The van der Waals surface area contributed by atoms with Gasteiger partial charge in [-0.1, -0.05) is 12.1 Å². The summed E-state index contributed by atoms with van der Waals surface area (Å²) in [6.45, 7) is 3.10. The van der Waals surface area contributed by atoms with E-state index < -0.39 is 23.3 Å². The number of hydrogen-bond acceptors (Lipinski definition) is 6. The number of aromatic nitrogens is 3. The zero-order chi connectivity index (χ0) is 22.6. The number of imide groups is 1. The second kappa shape index (κ2) is 7.16. The number of amides is 2. The Bertz CT molecular complexity index is 1420. The van der Waals surface area contributed by atoms with Crippen LogP contribution in [-0.4, -0.2) is 32.4 Å². The molecule has 1 fully saturated rings. The topological polar surface area (TPSA) is 118 Å².